The zero-order valence-corrected chi connectivity index (χ0v) is 13.5. The van der Waals surface area contributed by atoms with Crippen LogP contribution in [0.15, 0.2) is 47.1 Å². The first-order chi connectivity index (χ1) is 11.6. The Bertz CT molecular complexity index is 695. The van der Waals surface area contributed by atoms with E-state index < -0.39 is 0 Å². The number of hydrogen-bond acceptors (Lipinski definition) is 4. The molecule has 0 radical (unpaired) electrons. The summed E-state index contributed by atoms with van der Waals surface area (Å²) < 4.78 is 5.04. The van der Waals surface area contributed by atoms with Crippen LogP contribution in [0, 0.1) is 5.92 Å². The molecule has 2 atom stereocenters. The van der Waals surface area contributed by atoms with Gasteiger partial charge in [0.05, 0.1) is 12.3 Å². The molecular weight excluding hydrogens is 306 g/mol. The van der Waals surface area contributed by atoms with Crippen molar-refractivity contribution in [1.82, 2.24) is 5.32 Å². The summed E-state index contributed by atoms with van der Waals surface area (Å²) in [7, 11) is 0. The Morgan fingerprint density at radius 1 is 1.12 bits per heavy atom. The lowest BCUT2D eigenvalue weighted by atomic mass is 9.94. The average Bonchev–Trinajstić information content (AvgIpc) is 3.11. The molecule has 1 aliphatic heterocycles. The lowest BCUT2D eigenvalue weighted by Crippen LogP contribution is -2.45. The number of carbonyl (C=O) groups excluding carboxylic acids is 2. The minimum absolute atomic E-state index is 0.0195. The minimum atomic E-state index is -0.308. The molecule has 2 heterocycles. The third-order valence-corrected chi connectivity index (χ3v) is 4.14. The van der Waals surface area contributed by atoms with Gasteiger partial charge in [0.1, 0.15) is 0 Å². The maximum Gasteiger partial charge on any atom is 0.291 e. The smallest absolute Gasteiger partial charge is 0.291 e. The van der Waals surface area contributed by atoms with Crippen LogP contribution in [0.4, 0.5) is 11.4 Å². The SMILES string of the molecule is CC1CCNC(C(=O)Nc2ccc(NC(=O)c3ccco3)cc2)C1. The highest BCUT2D eigenvalue weighted by Gasteiger charge is 2.24. The lowest BCUT2D eigenvalue weighted by molar-refractivity contribution is -0.119. The van der Waals surface area contributed by atoms with Gasteiger partial charge in [0.25, 0.3) is 5.91 Å². The normalized spacial score (nSPS) is 20.4. The molecule has 2 unspecified atom stereocenters. The molecule has 3 rings (SSSR count). The Hall–Kier alpha value is -2.60. The fraction of sp³-hybridized carbons (Fsp3) is 0.333. The maximum absolute atomic E-state index is 12.3. The second kappa shape index (κ2) is 7.31. The van der Waals surface area contributed by atoms with Crippen molar-refractivity contribution in [2.24, 2.45) is 5.92 Å². The summed E-state index contributed by atoms with van der Waals surface area (Å²) in [4.78, 5) is 24.2. The Morgan fingerprint density at radius 2 is 1.83 bits per heavy atom. The minimum Gasteiger partial charge on any atom is -0.459 e. The van der Waals surface area contributed by atoms with Gasteiger partial charge in [-0.3, -0.25) is 9.59 Å². The molecular formula is C18H21N3O3. The molecule has 1 aromatic carbocycles. The summed E-state index contributed by atoms with van der Waals surface area (Å²) in [5.41, 5.74) is 1.34. The Morgan fingerprint density at radius 3 is 2.46 bits per heavy atom. The van der Waals surface area contributed by atoms with Gasteiger partial charge in [-0.05, 0) is 61.7 Å². The van der Waals surface area contributed by atoms with E-state index in [0.717, 1.165) is 19.4 Å². The number of benzene rings is 1. The summed E-state index contributed by atoms with van der Waals surface area (Å²) in [6, 6.07) is 10.1. The zero-order chi connectivity index (χ0) is 16.9. The highest BCUT2D eigenvalue weighted by molar-refractivity contribution is 6.02. The quantitative estimate of drug-likeness (QED) is 0.806. The van der Waals surface area contributed by atoms with Crippen molar-refractivity contribution in [3.8, 4) is 0 Å². The molecule has 6 nitrogen and oxygen atoms in total. The van der Waals surface area contributed by atoms with Gasteiger partial charge in [-0.2, -0.15) is 0 Å². The molecule has 1 saturated heterocycles. The second-order valence-electron chi connectivity index (χ2n) is 6.13. The largest absolute Gasteiger partial charge is 0.459 e. The van der Waals surface area contributed by atoms with Crippen LogP contribution < -0.4 is 16.0 Å². The number of piperidine rings is 1. The highest BCUT2D eigenvalue weighted by atomic mass is 16.3. The molecule has 2 aromatic rings. The van der Waals surface area contributed by atoms with Crippen LogP contribution in [0.3, 0.4) is 0 Å². The van der Waals surface area contributed by atoms with Crippen LogP contribution in [0.5, 0.6) is 0 Å². The Kier molecular flexibility index (Phi) is 4.96. The molecule has 0 bridgehead atoms. The fourth-order valence-corrected chi connectivity index (χ4v) is 2.77. The van der Waals surface area contributed by atoms with Crippen molar-refractivity contribution in [2.45, 2.75) is 25.8 Å². The van der Waals surface area contributed by atoms with Crippen LogP contribution in [0.25, 0.3) is 0 Å². The number of anilines is 2. The summed E-state index contributed by atoms with van der Waals surface area (Å²) in [5, 5.41) is 8.89. The van der Waals surface area contributed by atoms with Gasteiger partial charge in [-0.15, -0.1) is 0 Å². The molecule has 6 heteroatoms. The van der Waals surface area contributed by atoms with Crippen molar-refractivity contribution in [2.75, 3.05) is 17.2 Å². The van der Waals surface area contributed by atoms with Gasteiger partial charge in [0.2, 0.25) is 5.91 Å². The topological polar surface area (TPSA) is 83.4 Å². The maximum atomic E-state index is 12.3. The third-order valence-electron chi connectivity index (χ3n) is 4.14. The third kappa shape index (κ3) is 4.02. The molecule has 126 valence electrons. The standard InChI is InChI=1S/C18H21N3O3/c1-12-8-9-19-15(11-12)17(22)20-13-4-6-14(7-5-13)21-18(23)16-3-2-10-24-16/h2-7,10,12,15,19H,8-9,11H2,1H3,(H,20,22)(H,21,23). The van der Waals surface area contributed by atoms with E-state index in [1.54, 1.807) is 36.4 Å². The van der Waals surface area contributed by atoms with Gasteiger partial charge in [0, 0.05) is 11.4 Å². The molecule has 1 fully saturated rings. The summed E-state index contributed by atoms with van der Waals surface area (Å²) in [5.74, 6) is 0.483. The molecule has 3 N–H and O–H groups in total. The molecule has 24 heavy (non-hydrogen) atoms. The Labute approximate surface area is 140 Å². The van der Waals surface area contributed by atoms with E-state index in [4.69, 9.17) is 4.42 Å². The number of carbonyl (C=O) groups is 2. The highest BCUT2D eigenvalue weighted by Crippen LogP contribution is 2.18. The predicted octanol–water partition coefficient (Wildman–Crippen LogP) is 2.86. The van der Waals surface area contributed by atoms with Gasteiger partial charge in [0.15, 0.2) is 5.76 Å². The van der Waals surface area contributed by atoms with E-state index in [1.807, 2.05) is 0 Å². The predicted molar refractivity (Wildman–Crippen MR) is 91.9 cm³/mol. The number of rotatable bonds is 4. The molecule has 2 amide bonds. The molecule has 0 saturated carbocycles. The first-order valence-corrected chi connectivity index (χ1v) is 8.11. The van der Waals surface area contributed by atoms with Crippen molar-refractivity contribution < 1.29 is 14.0 Å². The first-order valence-electron chi connectivity index (χ1n) is 8.11. The van der Waals surface area contributed by atoms with E-state index in [2.05, 4.69) is 22.9 Å². The van der Waals surface area contributed by atoms with Crippen molar-refractivity contribution >= 4 is 23.2 Å². The zero-order valence-electron chi connectivity index (χ0n) is 13.5. The van der Waals surface area contributed by atoms with Crippen LogP contribution in [0.2, 0.25) is 0 Å². The van der Waals surface area contributed by atoms with Crippen molar-refractivity contribution in [3.05, 3.63) is 48.4 Å². The van der Waals surface area contributed by atoms with E-state index in [1.165, 1.54) is 6.26 Å². The number of nitrogens with one attached hydrogen (secondary N) is 3. The van der Waals surface area contributed by atoms with Crippen LogP contribution in [-0.4, -0.2) is 24.4 Å². The summed E-state index contributed by atoms with van der Waals surface area (Å²) in [6.07, 6.45) is 3.41. The van der Waals surface area contributed by atoms with Crippen LogP contribution in [-0.2, 0) is 4.79 Å². The van der Waals surface area contributed by atoms with Crippen LogP contribution >= 0.6 is 0 Å². The van der Waals surface area contributed by atoms with Gasteiger partial charge in [-0.25, -0.2) is 0 Å². The van der Waals surface area contributed by atoms with E-state index in [9.17, 15) is 9.59 Å². The average molecular weight is 327 g/mol. The number of furan rings is 1. The monoisotopic (exact) mass is 327 g/mol. The molecule has 1 aromatic heterocycles. The Balaban J connectivity index is 1.56. The lowest BCUT2D eigenvalue weighted by Gasteiger charge is -2.27. The first kappa shape index (κ1) is 16.3. The van der Waals surface area contributed by atoms with Gasteiger partial charge < -0.3 is 20.4 Å². The van der Waals surface area contributed by atoms with Gasteiger partial charge >= 0.3 is 0 Å². The number of amides is 2. The van der Waals surface area contributed by atoms with E-state index in [-0.39, 0.29) is 23.6 Å². The van der Waals surface area contributed by atoms with Crippen molar-refractivity contribution in [1.29, 1.82) is 0 Å². The molecule has 0 aliphatic carbocycles. The fourth-order valence-electron chi connectivity index (χ4n) is 2.77. The van der Waals surface area contributed by atoms with E-state index >= 15 is 0 Å². The van der Waals surface area contributed by atoms with Crippen molar-refractivity contribution in [3.63, 3.8) is 0 Å². The van der Waals surface area contributed by atoms with E-state index in [0.29, 0.717) is 17.3 Å². The molecule has 0 spiro atoms. The number of hydrogen-bond donors (Lipinski definition) is 3. The second-order valence-corrected chi connectivity index (χ2v) is 6.13. The molecule has 1 aliphatic rings. The summed E-state index contributed by atoms with van der Waals surface area (Å²) >= 11 is 0. The van der Waals surface area contributed by atoms with Crippen LogP contribution in [0.1, 0.15) is 30.3 Å². The summed E-state index contributed by atoms with van der Waals surface area (Å²) in [6.45, 7) is 3.04. The van der Waals surface area contributed by atoms with Gasteiger partial charge in [-0.1, -0.05) is 6.92 Å².